The summed E-state index contributed by atoms with van der Waals surface area (Å²) in [6, 6.07) is 5.10. The zero-order chi connectivity index (χ0) is 19.7. The van der Waals surface area contributed by atoms with E-state index in [-0.39, 0.29) is 5.28 Å². The number of imidazole rings is 1. The predicted octanol–water partition coefficient (Wildman–Crippen LogP) is 5.15. The average Bonchev–Trinajstić information content (AvgIpc) is 2.99. The number of halogens is 4. The van der Waals surface area contributed by atoms with Crippen molar-refractivity contribution in [3.63, 3.8) is 0 Å². The number of nitrogens with one attached hydrogen (secondary N) is 1. The van der Waals surface area contributed by atoms with Crippen LogP contribution in [0.5, 0.6) is 0 Å². The van der Waals surface area contributed by atoms with E-state index in [4.69, 9.17) is 11.6 Å². The quantitative estimate of drug-likeness (QED) is 0.572. The highest BCUT2D eigenvalue weighted by Crippen LogP contribution is 2.31. The SMILES string of the molecule is FC(F)(F)c1ccc(Cn2cnc3nc(Cl)nc(NCCC4CCC4)c32)cc1. The van der Waals surface area contributed by atoms with Gasteiger partial charge in [0.05, 0.1) is 11.9 Å². The van der Waals surface area contributed by atoms with Crippen molar-refractivity contribution in [2.75, 3.05) is 11.9 Å². The second kappa shape index (κ2) is 7.58. The third-order valence-electron chi connectivity index (χ3n) is 5.15. The van der Waals surface area contributed by atoms with Crippen molar-refractivity contribution < 1.29 is 13.2 Å². The summed E-state index contributed by atoms with van der Waals surface area (Å²) in [5.74, 6) is 1.36. The van der Waals surface area contributed by atoms with Gasteiger partial charge in [0.2, 0.25) is 5.28 Å². The van der Waals surface area contributed by atoms with Crippen LogP contribution in [0.1, 0.15) is 36.8 Å². The van der Waals surface area contributed by atoms with Gasteiger partial charge in [0.25, 0.3) is 0 Å². The third-order valence-corrected chi connectivity index (χ3v) is 5.32. The summed E-state index contributed by atoms with van der Waals surface area (Å²) in [6.07, 6.45) is 2.16. The molecule has 0 amide bonds. The lowest BCUT2D eigenvalue weighted by atomic mass is 9.83. The molecule has 9 heteroatoms. The molecule has 1 aliphatic carbocycles. The Balaban J connectivity index is 1.56. The van der Waals surface area contributed by atoms with E-state index in [1.165, 1.54) is 31.4 Å². The monoisotopic (exact) mass is 409 g/mol. The molecule has 0 radical (unpaired) electrons. The lowest BCUT2D eigenvalue weighted by Gasteiger charge is -2.25. The van der Waals surface area contributed by atoms with E-state index in [2.05, 4.69) is 20.3 Å². The van der Waals surface area contributed by atoms with E-state index in [0.29, 0.717) is 23.5 Å². The number of fused-ring (bicyclic) bond motifs is 1. The maximum atomic E-state index is 12.7. The van der Waals surface area contributed by atoms with Crippen molar-refractivity contribution in [3.8, 4) is 0 Å². The van der Waals surface area contributed by atoms with Crippen LogP contribution in [-0.2, 0) is 12.7 Å². The smallest absolute Gasteiger partial charge is 0.368 e. The van der Waals surface area contributed by atoms with E-state index >= 15 is 0 Å². The summed E-state index contributed by atoms with van der Waals surface area (Å²) in [4.78, 5) is 12.7. The first-order valence-corrected chi connectivity index (χ1v) is 9.56. The minimum Gasteiger partial charge on any atom is -0.368 e. The Morgan fingerprint density at radius 1 is 1.14 bits per heavy atom. The number of anilines is 1. The van der Waals surface area contributed by atoms with Gasteiger partial charge < -0.3 is 9.88 Å². The fraction of sp³-hybridized carbons (Fsp3) is 0.421. The fourth-order valence-electron chi connectivity index (χ4n) is 3.37. The van der Waals surface area contributed by atoms with E-state index in [1.54, 1.807) is 6.33 Å². The Labute approximate surface area is 165 Å². The zero-order valence-electron chi connectivity index (χ0n) is 15.0. The van der Waals surface area contributed by atoms with Gasteiger partial charge in [0, 0.05) is 13.1 Å². The van der Waals surface area contributed by atoms with Gasteiger partial charge >= 0.3 is 6.18 Å². The van der Waals surface area contributed by atoms with Crippen LogP contribution in [0.2, 0.25) is 5.28 Å². The number of nitrogens with zero attached hydrogens (tertiary/aromatic N) is 4. The van der Waals surface area contributed by atoms with Crippen LogP contribution in [0.25, 0.3) is 11.2 Å². The second-order valence-corrected chi connectivity index (χ2v) is 7.43. The number of benzene rings is 1. The molecule has 3 aromatic rings. The summed E-state index contributed by atoms with van der Waals surface area (Å²) < 4.78 is 40.1. The van der Waals surface area contributed by atoms with E-state index < -0.39 is 11.7 Å². The summed E-state index contributed by atoms with van der Waals surface area (Å²) in [5, 5.41) is 3.43. The summed E-state index contributed by atoms with van der Waals surface area (Å²) in [5.41, 5.74) is 1.21. The fourth-order valence-corrected chi connectivity index (χ4v) is 3.53. The largest absolute Gasteiger partial charge is 0.416 e. The van der Waals surface area contributed by atoms with Gasteiger partial charge in [-0.05, 0) is 41.6 Å². The molecule has 0 saturated heterocycles. The lowest BCUT2D eigenvalue weighted by Crippen LogP contribution is -2.16. The Kier molecular flexibility index (Phi) is 5.14. The lowest BCUT2D eigenvalue weighted by molar-refractivity contribution is -0.137. The van der Waals surface area contributed by atoms with Crippen LogP contribution < -0.4 is 5.32 Å². The summed E-state index contributed by atoms with van der Waals surface area (Å²) in [6.45, 7) is 1.13. The van der Waals surface area contributed by atoms with Crippen LogP contribution >= 0.6 is 11.6 Å². The first-order valence-electron chi connectivity index (χ1n) is 9.18. The molecule has 2 heterocycles. The van der Waals surface area contributed by atoms with Crippen LogP contribution in [0.3, 0.4) is 0 Å². The Morgan fingerprint density at radius 2 is 1.89 bits per heavy atom. The molecule has 1 saturated carbocycles. The number of alkyl halides is 3. The molecule has 5 nitrogen and oxygen atoms in total. The van der Waals surface area contributed by atoms with E-state index in [0.717, 1.165) is 36.6 Å². The molecule has 2 aromatic heterocycles. The topological polar surface area (TPSA) is 55.6 Å². The third kappa shape index (κ3) is 4.06. The summed E-state index contributed by atoms with van der Waals surface area (Å²) in [7, 11) is 0. The van der Waals surface area contributed by atoms with Crippen molar-refractivity contribution in [1.82, 2.24) is 19.5 Å². The van der Waals surface area contributed by atoms with Crippen molar-refractivity contribution in [2.45, 2.75) is 38.4 Å². The number of hydrogen-bond donors (Lipinski definition) is 1. The van der Waals surface area contributed by atoms with Crippen LogP contribution in [-0.4, -0.2) is 26.1 Å². The highest BCUT2D eigenvalue weighted by atomic mass is 35.5. The Bertz CT molecular complexity index is 964. The van der Waals surface area contributed by atoms with E-state index in [1.807, 2.05) is 4.57 Å². The first-order chi connectivity index (χ1) is 13.4. The highest BCUT2D eigenvalue weighted by Gasteiger charge is 2.30. The van der Waals surface area contributed by atoms with Gasteiger partial charge in [-0.15, -0.1) is 0 Å². The highest BCUT2D eigenvalue weighted by molar-refractivity contribution is 6.28. The minimum absolute atomic E-state index is 0.110. The molecule has 148 valence electrons. The van der Waals surface area contributed by atoms with Crippen molar-refractivity contribution >= 4 is 28.6 Å². The Hall–Kier alpha value is -2.35. The average molecular weight is 410 g/mol. The molecule has 1 fully saturated rings. The number of aromatic nitrogens is 4. The molecule has 28 heavy (non-hydrogen) atoms. The minimum atomic E-state index is -4.34. The molecule has 0 spiro atoms. The van der Waals surface area contributed by atoms with Crippen LogP contribution in [0, 0.1) is 5.92 Å². The Morgan fingerprint density at radius 3 is 2.54 bits per heavy atom. The maximum absolute atomic E-state index is 12.7. The zero-order valence-corrected chi connectivity index (χ0v) is 15.8. The standard InChI is InChI=1S/C19H19ClF3N5/c20-18-26-16(24-9-8-12-2-1-3-12)15-17(27-18)25-11-28(15)10-13-4-6-14(7-5-13)19(21,22)23/h4-7,11-12H,1-3,8-10H2,(H,24,26,27). The van der Waals surface area contributed by atoms with Crippen molar-refractivity contribution in [1.29, 1.82) is 0 Å². The normalized spacial score (nSPS) is 15.0. The predicted molar refractivity (Wildman–Crippen MR) is 101 cm³/mol. The molecule has 0 bridgehead atoms. The van der Waals surface area contributed by atoms with Gasteiger partial charge in [-0.25, -0.2) is 4.98 Å². The number of rotatable bonds is 6. The molecule has 0 unspecified atom stereocenters. The van der Waals surface area contributed by atoms with Gasteiger partial charge in [-0.2, -0.15) is 23.1 Å². The molecule has 1 aromatic carbocycles. The van der Waals surface area contributed by atoms with Crippen LogP contribution in [0.15, 0.2) is 30.6 Å². The van der Waals surface area contributed by atoms with Crippen LogP contribution in [0.4, 0.5) is 19.0 Å². The van der Waals surface area contributed by atoms with Crippen molar-refractivity contribution in [3.05, 3.63) is 47.0 Å². The van der Waals surface area contributed by atoms with Gasteiger partial charge in [0.1, 0.15) is 5.52 Å². The molecule has 1 N–H and O–H groups in total. The second-order valence-electron chi connectivity index (χ2n) is 7.09. The van der Waals surface area contributed by atoms with Gasteiger partial charge in [-0.1, -0.05) is 31.4 Å². The van der Waals surface area contributed by atoms with E-state index in [9.17, 15) is 13.2 Å². The molecular weight excluding hydrogens is 391 g/mol. The molecule has 1 aliphatic rings. The molecule has 0 atom stereocenters. The summed E-state index contributed by atoms with van der Waals surface area (Å²) >= 11 is 6.02. The maximum Gasteiger partial charge on any atom is 0.416 e. The van der Waals surface area contributed by atoms with Gasteiger partial charge in [-0.3, -0.25) is 0 Å². The molecule has 4 rings (SSSR count). The van der Waals surface area contributed by atoms with Crippen molar-refractivity contribution in [2.24, 2.45) is 5.92 Å². The van der Waals surface area contributed by atoms with Gasteiger partial charge in [0.15, 0.2) is 11.5 Å². The first kappa shape index (κ1) is 19.0. The molecule has 0 aliphatic heterocycles. The molecular formula is C19H19ClF3N5. The number of hydrogen-bond acceptors (Lipinski definition) is 4.